The molecule has 178 valence electrons. The Kier molecular flexibility index (Phi) is 7.74. The number of fused-ring (bicyclic) bond motifs is 1. The molecule has 1 aromatic heterocycles. The average Bonchev–Trinajstić information content (AvgIpc) is 3.53. The lowest BCUT2D eigenvalue weighted by Crippen LogP contribution is -2.51. The highest BCUT2D eigenvalue weighted by atomic mass is 32.1. The number of nitrogens with zero attached hydrogens (tertiary/aromatic N) is 2. The van der Waals surface area contributed by atoms with Crippen molar-refractivity contribution in [1.29, 1.82) is 0 Å². The number of rotatable bonds is 8. The van der Waals surface area contributed by atoms with E-state index >= 15 is 0 Å². The van der Waals surface area contributed by atoms with Gasteiger partial charge in [-0.15, -0.1) is 11.3 Å². The van der Waals surface area contributed by atoms with Crippen molar-refractivity contribution < 1.29 is 14.3 Å². The number of hydrogen-bond acceptors (Lipinski definition) is 4. The molecule has 1 aliphatic heterocycles. The summed E-state index contributed by atoms with van der Waals surface area (Å²) < 4.78 is 6.22. The zero-order chi connectivity index (χ0) is 23.4. The summed E-state index contributed by atoms with van der Waals surface area (Å²) in [5.74, 6) is 1.12. The molecule has 0 bridgehead atoms. The van der Waals surface area contributed by atoms with E-state index in [0.717, 1.165) is 49.8 Å². The number of hydrogen-bond donors (Lipinski definition) is 0. The second-order valence-corrected chi connectivity index (χ2v) is 10.4. The predicted octanol–water partition coefficient (Wildman–Crippen LogP) is 5.38. The second-order valence-electron chi connectivity index (χ2n) is 9.43. The van der Waals surface area contributed by atoms with Crippen LogP contribution in [-0.2, 0) is 16.0 Å². The maximum absolute atomic E-state index is 13.6. The van der Waals surface area contributed by atoms with Gasteiger partial charge in [0.1, 0.15) is 18.9 Å². The summed E-state index contributed by atoms with van der Waals surface area (Å²) in [5.41, 5.74) is 2.27. The van der Waals surface area contributed by atoms with E-state index in [1.807, 2.05) is 41.0 Å². The summed E-state index contributed by atoms with van der Waals surface area (Å²) in [4.78, 5) is 32.1. The molecule has 2 amide bonds. The van der Waals surface area contributed by atoms with E-state index in [2.05, 4.69) is 25.3 Å². The number of amides is 2. The standard InChI is InChI=1S/C27H36N2O3S/c1-4-20(3)29(27(31)21-10-6-7-11-21)17-26(30)28-15-13-25-22(14-16-33-25)23(28)18-32-24-12-8-5-9-19(24)2/h5,8-9,12,14,16,20-21,23H,4,6-7,10-11,13,15,17-18H2,1-3H3/t20-,23+/m1/s1. The Hall–Kier alpha value is -2.34. The molecule has 0 saturated heterocycles. The van der Waals surface area contributed by atoms with Crippen LogP contribution < -0.4 is 4.74 Å². The molecule has 1 aromatic carbocycles. The predicted molar refractivity (Wildman–Crippen MR) is 133 cm³/mol. The van der Waals surface area contributed by atoms with Crippen LogP contribution in [0.25, 0.3) is 0 Å². The van der Waals surface area contributed by atoms with Crippen molar-refractivity contribution in [2.75, 3.05) is 19.7 Å². The minimum atomic E-state index is -0.132. The lowest BCUT2D eigenvalue weighted by atomic mass is 10.00. The summed E-state index contributed by atoms with van der Waals surface area (Å²) in [6, 6.07) is 10.0. The second kappa shape index (κ2) is 10.7. The molecule has 1 saturated carbocycles. The van der Waals surface area contributed by atoms with E-state index in [1.165, 1.54) is 10.4 Å². The van der Waals surface area contributed by atoms with Crippen molar-refractivity contribution in [2.45, 2.75) is 71.4 Å². The molecule has 2 aromatic rings. The highest BCUT2D eigenvalue weighted by Crippen LogP contribution is 2.35. The van der Waals surface area contributed by atoms with Crippen molar-refractivity contribution in [1.82, 2.24) is 9.80 Å². The van der Waals surface area contributed by atoms with Crippen LogP contribution in [0.15, 0.2) is 35.7 Å². The van der Waals surface area contributed by atoms with Crippen molar-refractivity contribution in [3.8, 4) is 5.75 Å². The highest BCUT2D eigenvalue weighted by molar-refractivity contribution is 7.10. The van der Waals surface area contributed by atoms with E-state index in [1.54, 1.807) is 11.3 Å². The summed E-state index contributed by atoms with van der Waals surface area (Å²) in [5, 5.41) is 2.11. The first-order valence-corrected chi connectivity index (χ1v) is 13.2. The van der Waals surface area contributed by atoms with Gasteiger partial charge in [-0.1, -0.05) is 38.0 Å². The third-order valence-electron chi connectivity index (χ3n) is 7.32. The van der Waals surface area contributed by atoms with Gasteiger partial charge in [0.2, 0.25) is 11.8 Å². The molecule has 2 heterocycles. The highest BCUT2D eigenvalue weighted by Gasteiger charge is 2.36. The van der Waals surface area contributed by atoms with Gasteiger partial charge in [0, 0.05) is 23.4 Å². The Balaban J connectivity index is 1.52. The molecule has 1 aliphatic carbocycles. The van der Waals surface area contributed by atoms with E-state index in [4.69, 9.17) is 4.74 Å². The van der Waals surface area contributed by atoms with Gasteiger partial charge in [0.25, 0.3) is 0 Å². The smallest absolute Gasteiger partial charge is 0.242 e. The van der Waals surface area contributed by atoms with Crippen molar-refractivity contribution in [3.05, 3.63) is 51.7 Å². The Bertz CT molecular complexity index is 966. The van der Waals surface area contributed by atoms with Gasteiger partial charge in [-0.3, -0.25) is 9.59 Å². The molecule has 2 aliphatic rings. The first-order valence-electron chi connectivity index (χ1n) is 12.3. The van der Waals surface area contributed by atoms with Crippen molar-refractivity contribution in [3.63, 3.8) is 0 Å². The summed E-state index contributed by atoms with van der Waals surface area (Å²) in [7, 11) is 0. The Morgan fingerprint density at radius 3 is 2.70 bits per heavy atom. The van der Waals surface area contributed by atoms with E-state index in [9.17, 15) is 9.59 Å². The average molecular weight is 469 g/mol. The van der Waals surface area contributed by atoms with Crippen molar-refractivity contribution in [2.24, 2.45) is 5.92 Å². The number of thiophene rings is 1. The fourth-order valence-corrected chi connectivity index (χ4v) is 6.01. The number of ether oxygens (including phenoxy) is 1. The van der Waals surface area contributed by atoms with Crippen LogP contribution in [-0.4, -0.2) is 47.4 Å². The third kappa shape index (κ3) is 5.26. The molecule has 0 N–H and O–H groups in total. The minimum absolute atomic E-state index is 0.0249. The zero-order valence-corrected chi connectivity index (χ0v) is 20.9. The van der Waals surface area contributed by atoms with Crippen LogP contribution in [0.1, 0.15) is 68.0 Å². The van der Waals surface area contributed by atoms with Crippen LogP contribution in [0, 0.1) is 12.8 Å². The number of carbonyl (C=O) groups is 2. The minimum Gasteiger partial charge on any atom is -0.491 e. The molecule has 1 fully saturated rings. The fourth-order valence-electron chi connectivity index (χ4n) is 5.08. The van der Waals surface area contributed by atoms with Gasteiger partial charge >= 0.3 is 0 Å². The van der Waals surface area contributed by atoms with Gasteiger partial charge in [0.15, 0.2) is 0 Å². The van der Waals surface area contributed by atoms with E-state index in [0.29, 0.717) is 13.2 Å². The number of benzene rings is 1. The SMILES string of the molecule is CC[C@@H](C)N(CC(=O)N1CCc2sccc2[C@@H]1COc1ccccc1C)C(=O)C1CCCC1. The monoisotopic (exact) mass is 468 g/mol. The molecule has 5 nitrogen and oxygen atoms in total. The van der Waals surface area contributed by atoms with Crippen LogP contribution >= 0.6 is 11.3 Å². The molecule has 33 heavy (non-hydrogen) atoms. The van der Waals surface area contributed by atoms with Crippen LogP contribution in [0.5, 0.6) is 5.75 Å². The quantitative estimate of drug-likeness (QED) is 0.523. The fraction of sp³-hybridized carbons (Fsp3) is 0.556. The lowest BCUT2D eigenvalue weighted by molar-refractivity contribution is -0.146. The van der Waals surface area contributed by atoms with Crippen LogP contribution in [0.2, 0.25) is 0 Å². The van der Waals surface area contributed by atoms with Gasteiger partial charge in [-0.2, -0.15) is 0 Å². The van der Waals surface area contributed by atoms with Crippen molar-refractivity contribution >= 4 is 23.2 Å². The zero-order valence-electron chi connectivity index (χ0n) is 20.1. The Labute approximate surface area is 201 Å². The molecular weight excluding hydrogens is 432 g/mol. The molecule has 2 atom stereocenters. The first-order chi connectivity index (χ1) is 16.0. The Morgan fingerprint density at radius 2 is 1.97 bits per heavy atom. The van der Waals surface area contributed by atoms with Crippen LogP contribution in [0.3, 0.4) is 0 Å². The van der Waals surface area contributed by atoms with E-state index in [-0.39, 0.29) is 36.4 Å². The Morgan fingerprint density at radius 1 is 1.21 bits per heavy atom. The largest absolute Gasteiger partial charge is 0.491 e. The summed E-state index contributed by atoms with van der Waals surface area (Å²) in [6.07, 6.45) is 5.84. The number of carbonyl (C=O) groups excluding carboxylic acids is 2. The van der Waals surface area contributed by atoms with E-state index < -0.39 is 0 Å². The maximum atomic E-state index is 13.6. The van der Waals surface area contributed by atoms with Gasteiger partial charge in [-0.05, 0) is 68.2 Å². The third-order valence-corrected chi connectivity index (χ3v) is 8.32. The molecule has 4 rings (SSSR count). The summed E-state index contributed by atoms with van der Waals surface area (Å²) in [6.45, 7) is 7.42. The van der Waals surface area contributed by atoms with Crippen LogP contribution in [0.4, 0.5) is 0 Å². The molecule has 0 radical (unpaired) electrons. The molecule has 0 unspecified atom stereocenters. The number of para-hydroxylation sites is 1. The normalized spacial score (nSPS) is 19.2. The molecular formula is C27H36N2O3S. The van der Waals surface area contributed by atoms with Gasteiger partial charge in [-0.25, -0.2) is 0 Å². The lowest BCUT2D eigenvalue weighted by Gasteiger charge is -2.38. The topological polar surface area (TPSA) is 49.9 Å². The number of aryl methyl sites for hydroxylation is 1. The maximum Gasteiger partial charge on any atom is 0.242 e. The molecule has 0 spiro atoms. The first kappa shape index (κ1) is 23.8. The summed E-state index contributed by atoms with van der Waals surface area (Å²) >= 11 is 1.75. The molecule has 6 heteroatoms. The van der Waals surface area contributed by atoms with Gasteiger partial charge < -0.3 is 14.5 Å². The van der Waals surface area contributed by atoms with Gasteiger partial charge in [0.05, 0.1) is 6.04 Å².